The zero-order chi connectivity index (χ0) is 11.8. The molecule has 3 heteroatoms. The Hall–Kier alpha value is -1.51. The van der Waals surface area contributed by atoms with E-state index < -0.39 is 5.97 Å². The summed E-state index contributed by atoms with van der Waals surface area (Å²) in [6, 6.07) is 5.52. The van der Waals surface area contributed by atoms with Crippen LogP contribution in [0.1, 0.15) is 36.8 Å². The quantitative estimate of drug-likeness (QED) is 0.823. The zero-order valence-corrected chi connectivity index (χ0v) is 9.36. The fraction of sp³-hybridized carbons (Fsp3) is 0.462. The van der Waals surface area contributed by atoms with Gasteiger partial charge in [0.25, 0.3) is 0 Å². The lowest BCUT2D eigenvalue weighted by molar-refractivity contribution is -0.139. The first-order valence-corrected chi connectivity index (χ1v) is 5.55. The maximum absolute atomic E-state index is 10.9. The Balaban J connectivity index is 2.33. The van der Waals surface area contributed by atoms with Gasteiger partial charge in [0.05, 0.1) is 6.42 Å². The second-order valence-electron chi connectivity index (χ2n) is 4.71. The number of rotatable bonds is 3. The van der Waals surface area contributed by atoms with E-state index in [1.165, 1.54) is 0 Å². The number of hydrogen-bond donors (Lipinski definition) is 2. The van der Waals surface area contributed by atoms with Gasteiger partial charge in [-0.1, -0.05) is 18.6 Å². The second kappa shape index (κ2) is 3.81. The summed E-state index contributed by atoms with van der Waals surface area (Å²) in [6.07, 6.45) is 3.04. The van der Waals surface area contributed by atoms with Crippen molar-refractivity contribution in [3.63, 3.8) is 0 Å². The highest BCUT2D eigenvalue weighted by Crippen LogP contribution is 2.47. The topological polar surface area (TPSA) is 57.5 Å². The Morgan fingerprint density at radius 3 is 2.56 bits per heavy atom. The molecule has 3 nitrogen and oxygen atoms in total. The summed E-state index contributed by atoms with van der Waals surface area (Å²) in [6.45, 7) is 1.84. The molecule has 2 N–H and O–H groups in total. The first-order valence-electron chi connectivity index (χ1n) is 5.55. The maximum atomic E-state index is 10.9. The average molecular weight is 220 g/mol. The molecule has 0 amide bonds. The van der Waals surface area contributed by atoms with Gasteiger partial charge in [0.1, 0.15) is 5.75 Å². The van der Waals surface area contributed by atoms with Crippen LogP contribution >= 0.6 is 0 Å². The van der Waals surface area contributed by atoms with Crippen LogP contribution in [0.4, 0.5) is 0 Å². The molecule has 16 heavy (non-hydrogen) atoms. The van der Waals surface area contributed by atoms with Crippen LogP contribution in [0.15, 0.2) is 18.2 Å². The van der Waals surface area contributed by atoms with Crippen LogP contribution in [0.5, 0.6) is 5.75 Å². The number of carboxylic acid groups (broad SMARTS) is 1. The molecule has 86 valence electrons. The lowest BCUT2D eigenvalue weighted by Gasteiger charge is -2.41. The van der Waals surface area contributed by atoms with Crippen molar-refractivity contribution in [3.8, 4) is 5.75 Å². The van der Waals surface area contributed by atoms with E-state index in [0.29, 0.717) is 0 Å². The van der Waals surface area contributed by atoms with Gasteiger partial charge in [0.2, 0.25) is 0 Å². The van der Waals surface area contributed by atoms with Crippen molar-refractivity contribution in [1.29, 1.82) is 0 Å². The van der Waals surface area contributed by atoms with Crippen LogP contribution in [0.2, 0.25) is 0 Å². The van der Waals surface area contributed by atoms with Gasteiger partial charge in [-0.3, -0.25) is 4.79 Å². The minimum atomic E-state index is -0.764. The number of aromatic hydroxyl groups is 1. The molecular weight excluding hydrogens is 204 g/mol. The molecule has 1 saturated carbocycles. The smallest absolute Gasteiger partial charge is 0.304 e. The first kappa shape index (κ1) is 11.0. The molecule has 0 radical (unpaired) electrons. The fourth-order valence-electron chi connectivity index (χ4n) is 2.40. The molecule has 0 aliphatic heterocycles. The third-order valence-electron chi connectivity index (χ3n) is 3.62. The molecule has 0 bridgehead atoms. The summed E-state index contributed by atoms with van der Waals surface area (Å²) in [5, 5.41) is 18.6. The van der Waals surface area contributed by atoms with E-state index in [9.17, 15) is 9.90 Å². The molecule has 1 aliphatic carbocycles. The molecule has 0 atom stereocenters. The Morgan fingerprint density at radius 2 is 2.12 bits per heavy atom. The van der Waals surface area contributed by atoms with Crippen molar-refractivity contribution in [3.05, 3.63) is 29.3 Å². The fourth-order valence-corrected chi connectivity index (χ4v) is 2.40. The van der Waals surface area contributed by atoms with Gasteiger partial charge in [-0.15, -0.1) is 0 Å². The highest BCUT2D eigenvalue weighted by Gasteiger charge is 2.40. The van der Waals surface area contributed by atoms with Gasteiger partial charge in [0, 0.05) is 5.41 Å². The molecule has 0 spiro atoms. The lowest BCUT2D eigenvalue weighted by Crippen LogP contribution is -2.36. The Kier molecular flexibility index (Phi) is 2.62. The molecule has 1 aliphatic rings. The van der Waals surface area contributed by atoms with Crippen molar-refractivity contribution in [2.24, 2.45) is 0 Å². The summed E-state index contributed by atoms with van der Waals surface area (Å²) in [7, 11) is 0. The van der Waals surface area contributed by atoms with Gasteiger partial charge in [-0.2, -0.15) is 0 Å². The third-order valence-corrected chi connectivity index (χ3v) is 3.62. The van der Waals surface area contributed by atoms with Crippen LogP contribution < -0.4 is 0 Å². The van der Waals surface area contributed by atoms with Crippen LogP contribution in [0.3, 0.4) is 0 Å². The normalized spacial score (nSPS) is 17.8. The van der Waals surface area contributed by atoms with Crippen LogP contribution in [-0.4, -0.2) is 16.2 Å². The van der Waals surface area contributed by atoms with E-state index in [1.54, 1.807) is 6.07 Å². The van der Waals surface area contributed by atoms with Crippen molar-refractivity contribution < 1.29 is 15.0 Å². The van der Waals surface area contributed by atoms with E-state index in [2.05, 4.69) is 0 Å². The molecule has 0 heterocycles. The number of phenols is 1. The molecule has 0 aromatic heterocycles. The maximum Gasteiger partial charge on any atom is 0.304 e. The van der Waals surface area contributed by atoms with Crippen molar-refractivity contribution in [2.75, 3.05) is 0 Å². The van der Waals surface area contributed by atoms with Gasteiger partial charge in [0.15, 0.2) is 0 Å². The van der Waals surface area contributed by atoms with Crippen LogP contribution in [-0.2, 0) is 10.2 Å². The van der Waals surface area contributed by atoms with Crippen LogP contribution in [0, 0.1) is 6.92 Å². The molecule has 1 fully saturated rings. The first-order chi connectivity index (χ1) is 7.53. The molecule has 1 aromatic carbocycles. The third kappa shape index (κ3) is 1.77. The molecular formula is C13H16O3. The zero-order valence-electron chi connectivity index (χ0n) is 9.36. The Morgan fingerprint density at radius 1 is 1.44 bits per heavy atom. The predicted molar refractivity (Wildman–Crippen MR) is 60.6 cm³/mol. The number of aliphatic carboxylic acids is 1. The summed E-state index contributed by atoms with van der Waals surface area (Å²) in [4.78, 5) is 10.9. The Bertz CT molecular complexity index is 419. The van der Waals surface area contributed by atoms with Gasteiger partial charge < -0.3 is 10.2 Å². The van der Waals surface area contributed by atoms with E-state index in [4.69, 9.17) is 5.11 Å². The number of hydrogen-bond acceptors (Lipinski definition) is 2. The van der Waals surface area contributed by atoms with E-state index in [0.717, 1.165) is 30.4 Å². The summed E-state index contributed by atoms with van der Waals surface area (Å²) >= 11 is 0. The van der Waals surface area contributed by atoms with E-state index in [-0.39, 0.29) is 17.6 Å². The molecule has 0 unspecified atom stereocenters. The van der Waals surface area contributed by atoms with Crippen molar-refractivity contribution >= 4 is 5.97 Å². The van der Waals surface area contributed by atoms with Gasteiger partial charge >= 0.3 is 5.97 Å². The highest BCUT2D eigenvalue weighted by molar-refractivity contribution is 5.69. The Labute approximate surface area is 94.7 Å². The monoisotopic (exact) mass is 220 g/mol. The lowest BCUT2D eigenvalue weighted by atomic mass is 9.62. The molecule has 2 rings (SSSR count). The average Bonchev–Trinajstić information content (AvgIpc) is 2.16. The number of phenolic OH excluding ortho intramolecular Hbond substituents is 1. The molecule has 1 aromatic rings. The van der Waals surface area contributed by atoms with E-state index >= 15 is 0 Å². The van der Waals surface area contributed by atoms with E-state index in [1.807, 2.05) is 19.1 Å². The highest BCUT2D eigenvalue weighted by atomic mass is 16.4. The SMILES string of the molecule is Cc1ccc(C2(CC(=O)O)CCC2)cc1O. The summed E-state index contributed by atoms with van der Waals surface area (Å²) < 4.78 is 0. The van der Waals surface area contributed by atoms with Crippen molar-refractivity contribution in [1.82, 2.24) is 0 Å². The number of aryl methyl sites for hydroxylation is 1. The number of carbonyl (C=O) groups is 1. The number of carboxylic acids is 1. The standard InChI is InChI=1S/C13H16O3/c1-9-3-4-10(7-11(9)14)13(5-2-6-13)8-12(15)16/h3-4,7,14H,2,5-6,8H2,1H3,(H,15,16). The predicted octanol–water partition coefficient (Wildman–Crippen LogP) is 2.60. The summed E-state index contributed by atoms with van der Waals surface area (Å²) in [5.74, 6) is -0.506. The minimum Gasteiger partial charge on any atom is -0.508 e. The van der Waals surface area contributed by atoms with Crippen LogP contribution in [0.25, 0.3) is 0 Å². The largest absolute Gasteiger partial charge is 0.508 e. The van der Waals surface area contributed by atoms with Gasteiger partial charge in [-0.05, 0) is 37.0 Å². The number of benzene rings is 1. The minimum absolute atomic E-state index is 0.162. The molecule has 0 saturated heterocycles. The second-order valence-corrected chi connectivity index (χ2v) is 4.71. The summed E-state index contributed by atoms with van der Waals surface area (Å²) in [5.41, 5.74) is 1.55. The van der Waals surface area contributed by atoms with Gasteiger partial charge in [-0.25, -0.2) is 0 Å². The van der Waals surface area contributed by atoms with Crippen molar-refractivity contribution in [2.45, 2.75) is 38.0 Å².